The molecule has 0 saturated heterocycles. The van der Waals surface area contributed by atoms with Gasteiger partial charge < -0.3 is 20.1 Å². The van der Waals surface area contributed by atoms with Crippen molar-refractivity contribution in [3.05, 3.63) is 77.5 Å². The lowest BCUT2D eigenvalue weighted by Gasteiger charge is -2.17. The molecule has 0 aliphatic carbocycles. The van der Waals surface area contributed by atoms with Crippen molar-refractivity contribution in [2.45, 2.75) is 33.0 Å². The monoisotopic (exact) mass is 464 g/mol. The third-order valence-electron chi connectivity index (χ3n) is 5.18. The highest BCUT2D eigenvalue weighted by molar-refractivity contribution is 5.96. The molecule has 9 heteroatoms. The summed E-state index contributed by atoms with van der Waals surface area (Å²) in [5.74, 6) is -1.09. The summed E-state index contributed by atoms with van der Waals surface area (Å²) in [6.07, 6.45) is 0.994. The van der Waals surface area contributed by atoms with Crippen molar-refractivity contribution in [3.8, 4) is 11.3 Å². The highest BCUT2D eigenvalue weighted by atomic mass is 16.6. The molecule has 178 valence electrons. The Labute approximate surface area is 198 Å². The topological polar surface area (TPSA) is 112 Å². The van der Waals surface area contributed by atoms with Gasteiger partial charge in [0, 0.05) is 24.2 Å². The standard InChI is InChI=1S/C25H28N4O5/c1-4-29-22(17(2)14-27-29)19-11-8-12-20(13-19)23(30)26-15-21(24(31)33-3)28-25(32)34-16-18-9-6-5-7-10-18/h5-14,21H,4,15-16H2,1-3H3,(H,26,30)(H,28,32)/t21-/m1/s1. The van der Waals surface area contributed by atoms with Gasteiger partial charge in [-0.2, -0.15) is 5.10 Å². The first-order chi connectivity index (χ1) is 16.4. The minimum atomic E-state index is -1.11. The summed E-state index contributed by atoms with van der Waals surface area (Å²) in [5, 5.41) is 9.46. The van der Waals surface area contributed by atoms with Crippen LogP contribution >= 0.6 is 0 Å². The second kappa shape index (κ2) is 11.6. The van der Waals surface area contributed by atoms with Crippen molar-refractivity contribution in [1.82, 2.24) is 20.4 Å². The van der Waals surface area contributed by atoms with Gasteiger partial charge in [-0.15, -0.1) is 0 Å². The van der Waals surface area contributed by atoms with Crippen LogP contribution in [0.4, 0.5) is 4.79 Å². The van der Waals surface area contributed by atoms with Crippen LogP contribution in [0.2, 0.25) is 0 Å². The first-order valence-electron chi connectivity index (χ1n) is 10.9. The number of carbonyl (C=O) groups excluding carboxylic acids is 3. The molecule has 0 aliphatic heterocycles. The Kier molecular flexibility index (Phi) is 8.39. The van der Waals surface area contributed by atoms with Crippen molar-refractivity contribution in [2.24, 2.45) is 0 Å². The maximum atomic E-state index is 12.8. The van der Waals surface area contributed by atoms with Gasteiger partial charge in [-0.05, 0) is 37.1 Å². The largest absolute Gasteiger partial charge is 0.467 e. The smallest absolute Gasteiger partial charge is 0.408 e. The van der Waals surface area contributed by atoms with E-state index in [1.54, 1.807) is 24.4 Å². The van der Waals surface area contributed by atoms with Gasteiger partial charge in [-0.3, -0.25) is 9.48 Å². The molecule has 3 rings (SSSR count). The van der Waals surface area contributed by atoms with E-state index < -0.39 is 24.0 Å². The SMILES string of the molecule is CCn1ncc(C)c1-c1cccc(C(=O)NC[C@@H](NC(=O)OCc2ccccc2)C(=O)OC)c1. The van der Waals surface area contributed by atoms with E-state index in [1.807, 2.05) is 54.9 Å². The zero-order valence-electron chi connectivity index (χ0n) is 19.4. The molecular weight excluding hydrogens is 436 g/mol. The molecule has 34 heavy (non-hydrogen) atoms. The van der Waals surface area contributed by atoms with E-state index in [0.717, 1.165) is 22.4 Å². The number of methoxy groups -OCH3 is 1. The van der Waals surface area contributed by atoms with Gasteiger partial charge in [0.1, 0.15) is 12.6 Å². The Bertz CT molecular complexity index is 1140. The van der Waals surface area contributed by atoms with Crippen molar-refractivity contribution in [2.75, 3.05) is 13.7 Å². The summed E-state index contributed by atoms with van der Waals surface area (Å²) in [7, 11) is 1.21. The van der Waals surface area contributed by atoms with E-state index in [4.69, 9.17) is 9.47 Å². The molecule has 0 fully saturated rings. The van der Waals surface area contributed by atoms with Gasteiger partial charge in [0.2, 0.25) is 0 Å². The predicted molar refractivity (Wildman–Crippen MR) is 126 cm³/mol. The van der Waals surface area contributed by atoms with E-state index in [-0.39, 0.29) is 13.2 Å². The van der Waals surface area contributed by atoms with Gasteiger partial charge in [-0.1, -0.05) is 42.5 Å². The number of benzene rings is 2. The molecule has 1 atom stereocenters. The fraction of sp³-hybridized carbons (Fsp3) is 0.280. The van der Waals surface area contributed by atoms with Crippen molar-refractivity contribution in [3.63, 3.8) is 0 Å². The summed E-state index contributed by atoms with van der Waals surface area (Å²) in [4.78, 5) is 37.1. The minimum Gasteiger partial charge on any atom is -0.467 e. The molecule has 3 aromatic rings. The lowest BCUT2D eigenvalue weighted by atomic mass is 10.0. The van der Waals surface area contributed by atoms with E-state index in [9.17, 15) is 14.4 Å². The number of rotatable bonds is 9. The summed E-state index contributed by atoms with van der Waals surface area (Å²) in [6.45, 7) is 4.55. The number of aryl methyl sites for hydroxylation is 2. The second-order valence-corrected chi connectivity index (χ2v) is 7.56. The summed E-state index contributed by atoms with van der Waals surface area (Å²) < 4.78 is 11.8. The molecule has 2 N–H and O–H groups in total. The zero-order valence-corrected chi connectivity index (χ0v) is 19.4. The van der Waals surface area contributed by atoms with E-state index in [1.165, 1.54) is 7.11 Å². The van der Waals surface area contributed by atoms with Crippen LogP contribution in [0.5, 0.6) is 0 Å². The lowest BCUT2D eigenvalue weighted by Crippen LogP contribution is -2.49. The maximum absolute atomic E-state index is 12.8. The van der Waals surface area contributed by atoms with Gasteiger partial charge in [-0.25, -0.2) is 9.59 Å². The molecular formula is C25H28N4O5. The minimum absolute atomic E-state index is 0.0491. The number of nitrogens with one attached hydrogen (secondary N) is 2. The zero-order chi connectivity index (χ0) is 24.5. The molecule has 0 radical (unpaired) electrons. The highest BCUT2D eigenvalue weighted by Crippen LogP contribution is 2.24. The number of aromatic nitrogens is 2. The first kappa shape index (κ1) is 24.5. The van der Waals surface area contributed by atoms with Crippen molar-refractivity contribution < 1.29 is 23.9 Å². The Morgan fingerprint density at radius 1 is 1.09 bits per heavy atom. The Morgan fingerprint density at radius 2 is 1.85 bits per heavy atom. The van der Waals surface area contributed by atoms with E-state index in [2.05, 4.69) is 15.7 Å². The number of carbonyl (C=O) groups is 3. The summed E-state index contributed by atoms with van der Waals surface area (Å²) in [6, 6.07) is 15.2. The van der Waals surface area contributed by atoms with Crippen LogP contribution in [0.3, 0.4) is 0 Å². The van der Waals surface area contributed by atoms with Gasteiger partial charge in [0.05, 0.1) is 19.0 Å². The third-order valence-corrected chi connectivity index (χ3v) is 5.18. The average molecular weight is 465 g/mol. The van der Waals surface area contributed by atoms with Crippen LogP contribution in [0.25, 0.3) is 11.3 Å². The molecule has 2 amide bonds. The van der Waals surface area contributed by atoms with E-state index >= 15 is 0 Å². The number of hydrogen-bond acceptors (Lipinski definition) is 6. The fourth-order valence-corrected chi connectivity index (χ4v) is 3.44. The Balaban J connectivity index is 1.63. The van der Waals surface area contributed by atoms with Crippen LogP contribution in [0, 0.1) is 6.92 Å². The highest BCUT2D eigenvalue weighted by Gasteiger charge is 2.23. The molecule has 0 unspecified atom stereocenters. The van der Waals surface area contributed by atoms with Crippen LogP contribution in [-0.2, 0) is 27.4 Å². The van der Waals surface area contributed by atoms with Crippen LogP contribution in [-0.4, -0.2) is 47.4 Å². The Morgan fingerprint density at radius 3 is 2.56 bits per heavy atom. The van der Waals surface area contributed by atoms with E-state index in [0.29, 0.717) is 12.1 Å². The number of nitrogens with zero attached hydrogens (tertiary/aromatic N) is 2. The molecule has 0 saturated carbocycles. The number of ether oxygens (including phenoxy) is 2. The number of hydrogen-bond donors (Lipinski definition) is 2. The Hall–Kier alpha value is -4.14. The predicted octanol–water partition coefficient (Wildman–Crippen LogP) is 3.08. The molecule has 9 nitrogen and oxygen atoms in total. The molecule has 2 aromatic carbocycles. The van der Waals surface area contributed by atoms with Gasteiger partial charge >= 0.3 is 12.1 Å². The van der Waals surface area contributed by atoms with Crippen molar-refractivity contribution >= 4 is 18.0 Å². The third kappa shape index (κ3) is 6.22. The molecule has 0 bridgehead atoms. The van der Waals surface area contributed by atoms with Crippen molar-refractivity contribution in [1.29, 1.82) is 0 Å². The quantitative estimate of drug-likeness (QED) is 0.471. The van der Waals surface area contributed by atoms with Crippen LogP contribution < -0.4 is 10.6 Å². The number of esters is 1. The van der Waals surface area contributed by atoms with Crippen LogP contribution in [0.15, 0.2) is 60.8 Å². The molecule has 1 heterocycles. The average Bonchev–Trinajstić information content (AvgIpc) is 3.25. The normalized spacial score (nSPS) is 11.4. The molecule has 1 aromatic heterocycles. The van der Waals surface area contributed by atoms with Crippen LogP contribution in [0.1, 0.15) is 28.4 Å². The second-order valence-electron chi connectivity index (χ2n) is 7.56. The van der Waals surface area contributed by atoms with Gasteiger partial charge in [0.25, 0.3) is 5.91 Å². The lowest BCUT2D eigenvalue weighted by molar-refractivity contribution is -0.142. The molecule has 0 spiro atoms. The number of amides is 2. The molecule has 0 aliphatic rings. The maximum Gasteiger partial charge on any atom is 0.408 e. The summed E-state index contributed by atoms with van der Waals surface area (Å²) >= 11 is 0. The van der Waals surface area contributed by atoms with Gasteiger partial charge in [0.15, 0.2) is 0 Å². The summed E-state index contributed by atoms with van der Waals surface area (Å²) in [5.41, 5.74) is 4.02. The fourth-order valence-electron chi connectivity index (χ4n) is 3.44. The number of alkyl carbamates (subject to hydrolysis) is 1. The first-order valence-corrected chi connectivity index (χ1v) is 10.9.